The van der Waals surface area contributed by atoms with Gasteiger partial charge in [-0.05, 0) is 6.92 Å². The van der Waals surface area contributed by atoms with Crippen LogP contribution in [0.25, 0.3) is 0 Å². The van der Waals surface area contributed by atoms with Gasteiger partial charge in [-0.2, -0.15) is 0 Å². The Balaban J connectivity index is 3.23. The summed E-state index contributed by atoms with van der Waals surface area (Å²) < 4.78 is 0. The highest BCUT2D eigenvalue weighted by Crippen LogP contribution is 2.03. The molecule has 0 radical (unpaired) electrons. The van der Waals surface area contributed by atoms with Crippen LogP contribution in [0.4, 0.5) is 5.82 Å². The van der Waals surface area contributed by atoms with E-state index >= 15 is 0 Å². The van der Waals surface area contributed by atoms with Gasteiger partial charge in [0.15, 0.2) is 0 Å². The predicted molar refractivity (Wildman–Crippen MR) is 39.1 cm³/mol. The summed E-state index contributed by atoms with van der Waals surface area (Å²) in [7, 11) is 0. The fourth-order valence-electron chi connectivity index (χ4n) is 0.599. The standard InChI is InChI=1S/C7H7N3/c1-3-6-4-9-5(2)10-7(6)8/h1,4H,2H3,(H2,8,9,10). The van der Waals surface area contributed by atoms with Gasteiger partial charge in [-0.15, -0.1) is 6.42 Å². The minimum Gasteiger partial charge on any atom is -0.383 e. The highest BCUT2D eigenvalue weighted by Gasteiger charge is 1.95. The number of nitrogen functional groups attached to an aromatic ring is 1. The molecule has 0 aromatic carbocycles. The van der Waals surface area contributed by atoms with E-state index in [-0.39, 0.29) is 0 Å². The van der Waals surface area contributed by atoms with E-state index in [0.717, 1.165) is 0 Å². The molecule has 1 heterocycles. The van der Waals surface area contributed by atoms with Crippen molar-refractivity contribution < 1.29 is 0 Å². The fraction of sp³-hybridized carbons (Fsp3) is 0.143. The van der Waals surface area contributed by atoms with E-state index in [9.17, 15) is 0 Å². The van der Waals surface area contributed by atoms with Crippen molar-refractivity contribution in [3.05, 3.63) is 17.6 Å². The van der Waals surface area contributed by atoms with Gasteiger partial charge in [0.25, 0.3) is 0 Å². The Hall–Kier alpha value is -1.56. The van der Waals surface area contributed by atoms with Crippen LogP contribution in [0.1, 0.15) is 11.4 Å². The number of aryl methyl sites for hydroxylation is 1. The molecule has 10 heavy (non-hydrogen) atoms. The molecule has 1 rings (SSSR count). The summed E-state index contributed by atoms with van der Waals surface area (Å²) >= 11 is 0. The summed E-state index contributed by atoms with van der Waals surface area (Å²) in [6.07, 6.45) is 6.63. The van der Waals surface area contributed by atoms with Crippen LogP contribution in [0.3, 0.4) is 0 Å². The maximum atomic E-state index is 5.44. The maximum Gasteiger partial charge on any atom is 0.142 e. The molecule has 0 aliphatic heterocycles. The molecule has 0 spiro atoms. The van der Waals surface area contributed by atoms with Crippen LogP contribution in [0, 0.1) is 19.3 Å². The largest absolute Gasteiger partial charge is 0.383 e. The van der Waals surface area contributed by atoms with Crippen LogP contribution >= 0.6 is 0 Å². The third-order valence-corrected chi connectivity index (χ3v) is 1.09. The second kappa shape index (κ2) is 2.36. The Morgan fingerprint density at radius 1 is 1.70 bits per heavy atom. The molecule has 2 N–H and O–H groups in total. The molecule has 0 bridgehead atoms. The number of hydrogen-bond donors (Lipinski definition) is 1. The first-order valence-electron chi connectivity index (χ1n) is 2.80. The smallest absolute Gasteiger partial charge is 0.142 e. The fourth-order valence-corrected chi connectivity index (χ4v) is 0.599. The second-order valence-corrected chi connectivity index (χ2v) is 1.86. The SMILES string of the molecule is C#Cc1cnc(C)nc1N. The van der Waals surface area contributed by atoms with Crippen molar-refractivity contribution in [2.75, 3.05) is 5.73 Å². The summed E-state index contributed by atoms with van der Waals surface area (Å²) in [5, 5.41) is 0. The molecule has 0 aliphatic carbocycles. The normalized spacial score (nSPS) is 8.80. The highest BCUT2D eigenvalue weighted by molar-refractivity contribution is 5.47. The van der Waals surface area contributed by atoms with E-state index in [2.05, 4.69) is 15.9 Å². The second-order valence-electron chi connectivity index (χ2n) is 1.86. The number of aromatic nitrogens is 2. The molecule has 0 saturated carbocycles. The van der Waals surface area contributed by atoms with E-state index in [1.54, 1.807) is 6.92 Å². The molecule has 0 saturated heterocycles. The van der Waals surface area contributed by atoms with Crippen molar-refractivity contribution in [1.29, 1.82) is 0 Å². The lowest BCUT2D eigenvalue weighted by atomic mass is 10.3. The predicted octanol–water partition coefficient (Wildman–Crippen LogP) is 0.349. The molecule has 1 aromatic heterocycles. The number of terminal acetylenes is 1. The third kappa shape index (κ3) is 1.06. The minimum absolute atomic E-state index is 0.370. The summed E-state index contributed by atoms with van der Waals surface area (Å²) in [6, 6.07) is 0. The van der Waals surface area contributed by atoms with E-state index in [1.165, 1.54) is 6.20 Å². The lowest BCUT2D eigenvalue weighted by molar-refractivity contribution is 1.05. The van der Waals surface area contributed by atoms with Gasteiger partial charge in [0, 0.05) is 6.20 Å². The van der Waals surface area contributed by atoms with Crippen molar-refractivity contribution in [3.8, 4) is 12.3 Å². The Morgan fingerprint density at radius 2 is 2.40 bits per heavy atom. The maximum absolute atomic E-state index is 5.44. The Bertz CT molecular complexity index is 285. The highest BCUT2D eigenvalue weighted by atomic mass is 14.9. The van der Waals surface area contributed by atoms with E-state index < -0.39 is 0 Å². The van der Waals surface area contributed by atoms with Gasteiger partial charge in [0.2, 0.25) is 0 Å². The zero-order valence-electron chi connectivity index (χ0n) is 5.63. The molecule has 3 nitrogen and oxygen atoms in total. The molecule has 0 aliphatic rings. The first-order chi connectivity index (χ1) is 4.74. The van der Waals surface area contributed by atoms with Gasteiger partial charge >= 0.3 is 0 Å². The first kappa shape index (κ1) is 6.56. The van der Waals surface area contributed by atoms with Crippen molar-refractivity contribution in [2.24, 2.45) is 0 Å². The van der Waals surface area contributed by atoms with Crippen LogP contribution in [0.15, 0.2) is 6.20 Å². The number of rotatable bonds is 0. The van der Waals surface area contributed by atoms with Crippen molar-refractivity contribution in [2.45, 2.75) is 6.92 Å². The van der Waals surface area contributed by atoms with Gasteiger partial charge in [-0.25, -0.2) is 9.97 Å². The number of nitrogens with two attached hydrogens (primary N) is 1. The van der Waals surface area contributed by atoms with Gasteiger partial charge in [0.1, 0.15) is 11.6 Å². The zero-order valence-corrected chi connectivity index (χ0v) is 5.63. The molecule has 0 amide bonds. The monoisotopic (exact) mass is 133 g/mol. The molecule has 0 fully saturated rings. The summed E-state index contributed by atoms with van der Waals surface area (Å²) in [5.74, 6) is 3.38. The molecule has 1 aromatic rings. The lowest BCUT2D eigenvalue weighted by Crippen LogP contribution is -1.97. The van der Waals surface area contributed by atoms with Gasteiger partial charge in [-0.3, -0.25) is 0 Å². The molecule has 0 unspecified atom stereocenters. The van der Waals surface area contributed by atoms with E-state index in [0.29, 0.717) is 17.2 Å². The Labute approximate surface area is 59.3 Å². The van der Waals surface area contributed by atoms with Crippen LogP contribution in [-0.2, 0) is 0 Å². The number of anilines is 1. The number of hydrogen-bond acceptors (Lipinski definition) is 3. The molecular weight excluding hydrogens is 126 g/mol. The molecule has 50 valence electrons. The Morgan fingerprint density at radius 3 is 2.90 bits per heavy atom. The summed E-state index contributed by atoms with van der Waals surface area (Å²) in [4.78, 5) is 7.75. The van der Waals surface area contributed by atoms with Crippen LogP contribution in [-0.4, -0.2) is 9.97 Å². The van der Waals surface area contributed by atoms with Gasteiger partial charge in [-0.1, -0.05) is 5.92 Å². The lowest BCUT2D eigenvalue weighted by Gasteiger charge is -1.95. The third-order valence-electron chi connectivity index (χ3n) is 1.09. The van der Waals surface area contributed by atoms with Gasteiger partial charge in [0.05, 0.1) is 5.56 Å². The topological polar surface area (TPSA) is 51.8 Å². The summed E-state index contributed by atoms with van der Waals surface area (Å²) in [5.41, 5.74) is 5.99. The average Bonchev–Trinajstić information content (AvgIpc) is 1.88. The van der Waals surface area contributed by atoms with Crippen LogP contribution in [0.5, 0.6) is 0 Å². The molecular formula is C7H7N3. The molecule has 3 heteroatoms. The first-order valence-corrected chi connectivity index (χ1v) is 2.80. The van der Waals surface area contributed by atoms with E-state index in [4.69, 9.17) is 12.2 Å². The van der Waals surface area contributed by atoms with Crippen LogP contribution in [0.2, 0.25) is 0 Å². The van der Waals surface area contributed by atoms with Crippen molar-refractivity contribution >= 4 is 5.82 Å². The number of nitrogens with zero attached hydrogens (tertiary/aromatic N) is 2. The zero-order chi connectivity index (χ0) is 7.56. The van der Waals surface area contributed by atoms with Crippen molar-refractivity contribution in [3.63, 3.8) is 0 Å². The molecule has 0 atom stereocenters. The Kier molecular flexibility index (Phi) is 1.55. The van der Waals surface area contributed by atoms with E-state index in [1.807, 2.05) is 0 Å². The average molecular weight is 133 g/mol. The minimum atomic E-state index is 0.370. The quantitative estimate of drug-likeness (QED) is 0.519. The van der Waals surface area contributed by atoms with Crippen molar-refractivity contribution in [1.82, 2.24) is 9.97 Å². The van der Waals surface area contributed by atoms with Gasteiger partial charge < -0.3 is 5.73 Å². The summed E-state index contributed by atoms with van der Waals surface area (Å²) in [6.45, 7) is 1.76. The van der Waals surface area contributed by atoms with Crippen LogP contribution < -0.4 is 5.73 Å².